The summed E-state index contributed by atoms with van der Waals surface area (Å²) < 4.78 is 6.90. The number of benzene rings is 1. The average Bonchev–Trinajstić information content (AvgIpc) is 3.34. The van der Waals surface area contributed by atoms with Crippen LogP contribution in [0.4, 0.5) is 5.00 Å². The van der Waals surface area contributed by atoms with Gasteiger partial charge in [0.15, 0.2) is 0 Å². The summed E-state index contributed by atoms with van der Waals surface area (Å²) in [4.78, 5) is 25.8. The number of anilines is 1. The van der Waals surface area contributed by atoms with Gasteiger partial charge in [-0.3, -0.25) is 4.79 Å². The summed E-state index contributed by atoms with van der Waals surface area (Å²) >= 11 is 13.5. The van der Waals surface area contributed by atoms with Crippen LogP contribution in [0.1, 0.15) is 33.4 Å². The fourth-order valence-electron chi connectivity index (χ4n) is 2.97. The minimum absolute atomic E-state index is 0.104. The van der Waals surface area contributed by atoms with Crippen LogP contribution in [-0.2, 0) is 16.1 Å². The average molecular weight is 488 g/mol. The highest BCUT2D eigenvalue weighted by molar-refractivity contribution is 7.16. The van der Waals surface area contributed by atoms with Crippen molar-refractivity contribution in [3.63, 3.8) is 0 Å². The van der Waals surface area contributed by atoms with Crippen LogP contribution in [0.2, 0.25) is 10.0 Å². The summed E-state index contributed by atoms with van der Waals surface area (Å²) in [5, 5.41) is 13.7. The second kappa shape index (κ2) is 10.5. The van der Waals surface area contributed by atoms with Gasteiger partial charge >= 0.3 is 5.97 Å². The molecule has 9 heteroatoms. The first-order valence-electron chi connectivity index (χ1n) is 9.62. The molecule has 32 heavy (non-hydrogen) atoms. The molecule has 3 rings (SSSR count). The first kappa shape index (κ1) is 23.6. The van der Waals surface area contributed by atoms with Gasteiger partial charge in [-0.2, -0.15) is 5.26 Å². The van der Waals surface area contributed by atoms with Crippen molar-refractivity contribution >= 4 is 57.5 Å². The van der Waals surface area contributed by atoms with Crippen molar-refractivity contribution in [3.8, 4) is 6.07 Å². The summed E-state index contributed by atoms with van der Waals surface area (Å²) in [5.74, 6) is -1.14. The number of hydrogen-bond donors (Lipinski definition) is 1. The van der Waals surface area contributed by atoms with Crippen molar-refractivity contribution in [1.29, 1.82) is 5.26 Å². The number of thiophene rings is 1. The van der Waals surface area contributed by atoms with Crippen molar-refractivity contribution in [2.24, 2.45) is 0 Å². The molecule has 2 aromatic heterocycles. The number of aromatic nitrogens is 1. The van der Waals surface area contributed by atoms with Crippen LogP contribution in [0.15, 0.2) is 48.2 Å². The van der Waals surface area contributed by atoms with Gasteiger partial charge < -0.3 is 14.6 Å². The molecular formula is C23H19Cl2N3O3S. The number of ether oxygens (including phenoxy) is 1. The minimum Gasteiger partial charge on any atom is -0.462 e. The van der Waals surface area contributed by atoms with Gasteiger partial charge in [-0.25, -0.2) is 4.79 Å². The Morgan fingerprint density at radius 1 is 1.28 bits per heavy atom. The summed E-state index contributed by atoms with van der Waals surface area (Å²) in [6.45, 7) is 4.18. The second-order valence-corrected chi connectivity index (χ2v) is 8.84. The Kier molecular flexibility index (Phi) is 7.75. The van der Waals surface area contributed by atoms with Crippen LogP contribution < -0.4 is 5.32 Å². The number of aryl methyl sites for hydroxylation is 1. The van der Waals surface area contributed by atoms with E-state index in [1.165, 1.54) is 17.4 Å². The standard InChI is InChI=1S/C23H19Cl2N3O3S/c1-3-31-23(30)19-9-14(2)32-22(19)27-21(29)16(12-26)10-18-5-4-8-28(18)13-15-6-7-17(24)11-20(15)25/h4-11H,3,13H2,1-2H3,(H,27,29)/b16-10+. The monoisotopic (exact) mass is 487 g/mol. The van der Waals surface area contributed by atoms with E-state index >= 15 is 0 Å². The number of halogens is 2. The van der Waals surface area contributed by atoms with E-state index in [4.69, 9.17) is 27.9 Å². The number of nitrogens with one attached hydrogen (secondary N) is 1. The molecule has 1 N–H and O–H groups in total. The zero-order valence-electron chi connectivity index (χ0n) is 17.3. The van der Waals surface area contributed by atoms with Crippen LogP contribution >= 0.6 is 34.5 Å². The molecule has 0 radical (unpaired) electrons. The van der Waals surface area contributed by atoms with Gasteiger partial charge in [-0.1, -0.05) is 29.3 Å². The van der Waals surface area contributed by atoms with Crippen LogP contribution in [0.5, 0.6) is 0 Å². The molecule has 6 nitrogen and oxygen atoms in total. The normalized spacial score (nSPS) is 11.2. The summed E-state index contributed by atoms with van der Waals surface area (Å²) in [7, 11) is 0. The van der Waals surface area contributed by atoms with Gasteiger partial charge in [0, 0.05) is 33.4 Å². The molecule has 0 fully saturated rings. The van der Waals surface area contributed by atoms with Crippen LogP contribution in [0.25, 0.3) is 6.08 Å². The van der Waals surface area contributed by atoms with E-state index in [0.29, 0.717) is 27.3 Å². The third-order valence-corrected chi connectivity index (χ3v) is 6.01. The van der Waals surface area contributed by atoms with Gasteiger partial charge in [0.05, 0.1) is 12.2 Å². The van der Waals surface area contributed by atoms with Crippen molar-refractivity contribution in [2.75, 3.05) is 11.9 Å². The highest BCUT2D eigenvalue weighted by Crippen LogP contribution is 2.29. The van der Waals surface area contributed by atoms with Gasteiger partial charge in [-0.05, 0) is 55.8 Å². The van der Waals surface area contributed by atoms with Crippen LogP contribution in [0, 0.1) is 18.3 Å². The lowest BCUT2D eigenvalue weighted by Gasteiger charge is -2.10. The molecule has 0 spiro atoms. The number of hydrogen-bond acceptors (Lipinski definition) is 5. The fraction of sp³-hybridized carbons (Fsp3) is 0.174. The number of rotatable bonds is 7. The van der Waals surface area contributed by atoms with E-state index in [0.717, 1.165) is 10.4 Å². The smallest absolute Gasteiger partial charge is 0.341 e. The molecule has 0 saturated heterocycles. The molecule has 0 saturated carbocycles. The molecule has 2 heterocycles. The Hall–Kier alpha value is -3.05. The van der Waals surface area contributed by atoms with Gasteiger partial charge in [0.25, 0.3) is 5.91 Å². The Morgan fingerprint density at radius 2 is 2.06 bits per heavy atom. The molecule has 0 unspecified atom stereocenters. The third kappa shape index (κ3) is 5.60. The Bertz CT molecular complexity index is 1240. The lowest BCUT2D eigenvalue weighted by Crippen LogP contribution is -2.15. The molecule has 0 aliphatic rings. The number of nitriles is 1. The molecule has 3 aromatic rings. The maximum Gasteiger partial charge on any atom is 0.341 e. The highest BCUT2D eigenvalue weighted by atomic mass is 35.5. The molecule has 164 valence electrons. The zero-order chi connectivity index (χ0) is 23.3. The molecule has 0 atom stereocenters. The van der Waals surface area contributed by atoms with E-state index < -0.39 is 11.9 Å². The maximum atomic E-state index is 12.8. The molecule has 1 amide bonds. The third-order valence-electron chi connectivity index (χ3n) is 4.46. The predicted octanol–water partition coefficient (Wildman–Crippen LogP) is 5.94. The topological polar surface area (TPSA) is 84.1 Å². The SMILES string of the molecule is CCOC(=O)c1cc(C)sc1NC(=O)/C(C#N)=C/c1cccn1Cc1ccc(Cl)cc1Cl. The lowest BCUT2D eigenvalue weighted by atomic mass is 10.2. The van der Waals surface area contributed by atoms with Crippen molar-refractivity contribution < 1.29 is 14.3 Å². The van der Waals surface area contributed by atoms with Crippen molar-refractivity contribution in [2.45, 2.75) is 20.4 Å². The van der Waals surface area contributed by atoms with E-state index in [-0.39, 0.29) is 17.7 Å². The molecule has 0 aliphatic carbocycles. The molecule has 1 aromatic carbocycles. The van der Waals surface area contributed by atoms with Crippen LogP contribution in [0.3, 0.4) is 0 Å². The molecule has 0 aliphatic heterocycles. The van der Waals surface area contributed by atoms with E-state index in [1.807, 2.05) is 35.9 Å². The van der Waals surface area contributed by atoms with Gasteiger partial charge in [0.1, 0.15) is 16.6 Å². The number of amides is 1. The lowest BCUT2D eigenvalue weighted by molar-refractivity contribution is -0.112. The summed E-state index contributed by atoms with van der Waals surface area (Å²) in [5.41, 5.74) is 1.66. The quantitative estimate of drug-likeness (QED) is 0.254. The van der Waals surface area contributed by atoms with Gasteiger partial charge in [0.2, 0.25) is 0 Å². The van der Waals surface area contributed by atoms with Crippen molar-refractivity contribution in [1.82, 2.24) is 4.57 Å². The van der Waals surface area contributed by atoms with Gasteiger partial charge in [-0.15, -0.1) is 11.3 Å². The molecular weight excluding hydrogens is 469 g/mol. The maximum absolute atomic E-state index is 12.8. The Balaban J connectivity index is 1.84. The fourth-order valence-corrected chi connectivity index (χ4v) is 4.33. The first-order chi connectivity index (χ1) is 15.3. The largest absolute Gasteiger partial charge is 0.462 e. The predicted molar refractivity (Wildman–Crippen MR) is 127 cm³/mol. The molecule has 0 bridgehead atoms. The van der Waals surface area contributed by atoms with E-state index in [9.17, 15) is 14.9 Å². The minimum atomic E-state index is -0.614. The number of esters is 1. The number of nitrogens with zero attached hydrogens (tertiary/aromatic N) is 2. The highest BCUT2D eigenvalue weighted by Gasteiger charge is 2.20. The Morgan fingerprint density at radius 3 is 2.75 bits per heavy atom. The number of carbonyl (C=O) groups is 2. The summed E-state index contributed by atoms with van der Waals surface area (Å²) in [6.07, 6.45) is 3.31. The van der Waals surface area contributed by atoms with E-state index in [2.05, 4.69) is 5.32 Å². The Labute approximate surface area is 199 Å². The van der Waals surface area contributed by atoms with Crippen LogP contribution in [-0.4, -0.2) is 23.1 Å². The van der Waals surface area contributed by atoms with Crippen molar-refractivity contribution in [3.05, 3.63) is 79.9 Å². The first-order valence-corrected chi connectivity index (χ1v) is 11.2. The van der Waals surface area contributed by atoms with E-state index in [1.54, 1.807) is 31.2 Å². The zero-order valence-corrected chi connectivity index (χ0v) is 19.6. The second-order valence-electron chi connectivity index (χ2n) is 6.74. The number of carbonyl (C=O) groups excluding carboxylic acids is 2. The summed E-state index contributed by atoms with van der Waals surface area (Å²) in [6, 6.07) is 12.4.